The van der Waals surface area contributed by atoms with E-state index in [1.165, 1.54) is 5.39 Å². The molecule has 3 nitrogen and oxygen atoms in total. The third-order valence-corrected chi connectivity index (χ3v) is 2.12. The van der Waals surface area contributed by atoms with E-state index >= 15 is 0 Å². The molecular weight excluding hydrogens is 186 g/mol. The van der Waals surface area contributed by atoms with Gasteiger partial charge < -0.3 is 5.01 Å². The van der Waals surface area contributed by atoms with E-state index in [9.17, 15) is 0 Å². The Morgan fingerprint density at radius 2 is 2.00 bits per heavy atom. The van der Waals surface area contributed by atoms with Crippen molar-refractivity contribution >= 4 is 17.0 Å². The quantitative estimate of drug-likeness (QED) is 0.547. The summed E-state index contributed by atoms with van der Waals surface area (Å²) >= 11 is 0. The van der Waals surface area contributed by atoms with Gasteiger partial charge in [0.1, 0.15) is 0 Å². The first kappa shape index (κ1) is 9.65. The molecular formula is C12H13N3. The predicted molar refractivity (Wildman–Crippen MR) is 63.0 cm³/mol. The van der Waals surface area contributed by atoms with Crippen molar-refractivity contribution < 1.29 is 0 Å². The Bertz CT molecular complexity index is 484. The molecule has 2 rings (SSSR count). The van der Waals surface area contributed by atoms with Gasteiger partial charge in [-0.05, 0) is 11.5 Å². The van der Waals surface area contributed by atoms with Crippen molar-refractivity contribution in [3.63, 3.8) is 0 Å². The van der Waals surface area contributed by atoms with E-state index in [1.54, 1.807) is 17.4 Å². The molecule has 1 aromatic heterocycles. The molecule has 0 bridgehead atoms. The molecule has 0 aliphatic heterocycles. The van der Waals surface area contributed by atoms with Crippen LogP contribution in [0.15, 0.2) is 41.6 Å². The van der Waals surface area contributed by atoms with Crippen LogP contribution in [0.1, 0.15) is 5.69 Å². The van der Waals surface area contributed by atoms with Crippen molar-refractivity contribution in [3.8, 4) is 0 Å². The van der Waals surface area contributed by atoms with E-state index in [4.69, 9.17) is 0 Å². The number of pyridine rings is 1. The zero-order chi connectivity index (χ0) is 10.7. The lowest BCUT2D eigenvalue weighted by atomic mass is 10.1. The SMILES string of the molecule is CN(C)N=Cc1nccc2ccccc12. The first-order chi connectivity index (χ1) is 7.27. The molecule has 0 atom stereocenters. The Kier molecular flexibility index (Phi) is 2.63. The molecule has 3 heteroatoms. The second-order valence-electron chi connectivity index (χ2n) is 3.51. The Hall–Kier alpha value is -1.90. The Balaban J connectivity index is 2.51. The number of hydrogen-bond donors (Lipinski definition) is 0. The van der Waals surface area contributed by atoms with Gasteiger partial charge in [-0.3, -0.25) is 4.98 Å². The molecule has 15 heavy (non-hydrogen) atoms. The fourth-order valence-electron chi connectivity index (χ4n) is 1.42. The van der Waals surface area contributed by atoms with Crippen LogP contribution in [0.2, 0.25) is 0 Å². The molecule has 0 aliphatic rings. The minimum atomic E-state index is 0.904. The lowest BCUT2D eigenvalue weighted by Gasteiger charge is -2.03. The zero-order valence-corrected chi connectivity index (χ0v) is 8.88. The van der Waals surface area contributed by atoms with Crippen LogP contribution in [-0.4, -0.2) is 30.3 Å². The van der Waals surface area contributed by atoms with E-state index in [1.807, 2.05) is 32.3 Å². The predicted octanol–water partition coefficient (Wildman–Crippen LogP) is 2.13. The first-order valence-electron chi connectivity index (χ1n) is 4.82. The summed E-state index contributed by atoms with van der Waals surface area (Å²) in [6.45, 7) is 0. The van der Waals surface area contributed by atoms with Gasteiger partial charge in [0.25, 0.3) is 0 Å². The molecule has 0 radical (unpaired) electrons. The van der Waals surface area contributed by atoms with E-state index < -0.39 is 0 Å². The number of aromatic nitrogens is 1. The highest BCUT2D eigenvalue weighted by atomic mass is 15.4. The molecule has 0 N–H and O–H groups in total. The summed E-state index contributed by atoms with van der Waals surface area (Å²) in [4.78, 5) is 4.30. The zero-order valence-electron chi connectivity index (χ0n) is 8.88. The van der Waals surface area contributed by atoms with E-state index in [0.717, 1.165) is 11.1 Å². The normalized spacial score (nSPS) is 11.1. The van der Waals surface area contributed by atoms with Crippen molar-refractivity contribution in [1.29, 1.82) is 0 Å². The van der Waals surface area contributed by atoms with Gasteiger partial charge in [0, 0.05) is 25.7 Å². The maximum absolute atomic E-state index is 4.30. The smallest absolute Gasteiger partial charge is 0.0908 e. The van der Waals surface area contributed by atoms with Crippen LogP contribution in [0.5, 0.6) is 0 Å². The summed E-state index contributed by atoms with van der Waals surface area (Å²) in [5, 5.41) is 8.26. The highest BCUT2D eigenvalue weighted by Crippen LogP contribution is 2.14. The number of hydrogen-bond acceptors (Lipinski definition) is 3. The standard InChI is InChI=1S/C12H13N3/c1-15(2)14-9-12-11-6-4-3-5-10(11)7-8-13-12/h3-9H,1-2H3. The molecule has 0 saturated heterocycles. The molecule has 2 aromatic rings. The van der Waals surface area contributed by atoms with Crippen LogP contribution in [0.3, 0.4) is 0 Å². The highest BCUT2D eigenvalue weighted by molar-refractivity contribution is 5.97. The van der Waals surface area contributed by atoms with Gasteiger partial charge in [0.15, 0.2) is 0 Å². The summed E-state index contributed by atoms with van der Waals surface area (Å²) in [5.74, 6) is 0. The summed E-state index contributed by atoms with van der Waals surface area (Å²) in [5.41, 5.74) is 0.904. The minimum absolute atomic E-state index is 0.904. The van der Waals surface area contributed by atoms with Crippen molar-refractivity contribution in [3.05, 3.63) is 42.2 Å². The summed E-state index contributed by atoms with van der Waals surface area (Å²) in [6, 6.07) is 10.2. The fraction of sp³-hybridized carbons (Fsp3) is 0.167. The van der Waals surface area contributed by atoms with Crippen LogP contribution in [0, 0.1) is 0 Å². The minimum Gasteiger partial charge on any atom is -0.303 e. The molecule has 1 heterocycles. The van der Waals surface area contributed by atoms with Crippen LogP contribution in [0.4, 0.5) is 0 Å². The average molecular weight is 199 g/mol. The lowest BCUT2D eigenvalue weighted by molar-refractivity contribution is 0.440. The number of hydrazone groups is 1. The fourth-order valence-corrected chi connectivity index (χ4v) is 1.42. The van der Waals surface area contributed by atoms with Crippen molar-refractivity contribution in [2.24, 2.45) is 5.10 Å². The third-order valence-electron chi connectivity index (χ3n) is 2.12. The van der Waals surface area contributed by atoms with Gasteiger partial charge in [0.2, 0.25) is 0 Å². The van der Waals surface area contributed by atoms with Crippen LogP contribution in [0.25, 0.3) is 10.8 Å². The van der Waals surface area contributed by atoms with Gasteiger partial charge in [-0.1, -0.05) is 24.3 Å². The summed E-state index contributed by atoms with van der Waals surface area (Å²) in [6.07, 6.45) is 3.58. The lowest BCUT2D eigenvalue weighted by Crippen LogP contribution is -2.02. The molecule has 1 aromatic carbocycles. The van der Waals surface area contributed by atoms with Crippen LogP contribution < -0.4 is 0 Å². The van der Waals surface area contributed by atoms with E-state index in [0.29, 0.717) is 0 Å². The second-order valence-corrected chi connectivity index (χ2v) is 3.51. The largest absolute Gasteiger partial charge is 0.303 e. The molecule has 0 aliphatic carbocycles. The number of rotatable bonds is 2. The molecule has 0 unspecified atom stereocenters. The second kappa shape index (κ2) is 4.09. The monoisotopic (exact) mass is 199 g/mol. The number of benzene rings is 1. The van der Waals surface area contributed by atoms with E-state index in [2.05, 4.69) is 22.2 Å². The van der Waals surface area contributed by atoms with Gasteiger partial charge >= 0.3 is 0 Å². The highest BCUT2D eigenvalue weighted by Gasteiger charge is 1.97. The molecule has 0 saturated carbocycles. The first-order valence-corrected chi connectivity index (χ1v) is 4.82. The number of nitrogens with zero attached hydrogens (tertiary/aromatic N) is 3. The van der Waals surface area contributed by atoms with Gasteiger partial charge in [-0.15, -0.1) is 0 Å². The summed E-state index contributed by atoms with van der Waals surface area (Å²) in [7, 11) is 3.78. The summed E-state index contributed by atoms with van der Waals surface area (Å²) < 4.78 is 0. The van der Waals surface area contributed by atoms with Crippen LogP contribution in [-0.2, 0) is 0 Å². The third kappa shape index (κ3) is 2.13. The average Bonchev–Trinajstić information content (AvgIpc) is 2.26. The maximum atomic E-state index is 4.30. The van der Waals surface area contributed by atoms with Gasteiger partial charge in [-0.2, -0.15) is 5.10 Å². The van der Waals surface area contributed by atoms with Gasteiger partial charge in [0.05, 0.1) is 11.9 Å². The Labute approximate surface area is 89.1 Å². The van der Waals surface area contributed by atoms with E-state index in [-0.39, 0.29) is 0 Å². The topological polar surface area (TPSA) is 28.5 Å². The molecule has 0 amide bonds. The Morgan fingerprint density at radius 1 is 1.20 bits per heavy atom. The van der Waals surface area contributed by atoms with Crippen molar-refractivity contribution in [2.75, 3.05) is 14.1 Å². The molecule has 76 valence electrons. The van der Waals surface area contributed by atoms with Crippen LogP contribution >= 0.6 is 0 Å². The molecule has 0 spiro atoms. The molecule has 0 fully saturated rings. The Morgan fingerprint density at radius 3 is 2.80 bits per heavy atom. The number of fused-ring (bicyclic) bond motifs is 1. The van der Waals surface area contributed by atoms with Crippen molar-refractivity contribution in [1.82, 2.24) is 9.99 Å². The maximum Gasteiger partial charge on any atom is 0.0908 e. The van der Waals surface area contributed by atoms with Gasteiger partial charge in [-0.25, -0.2) is 0 Å². The van der Waals surface area contributed by atoms with Crippen molar-refractivity contribution in [2.45, 2.75) is 0 Å².